The topological polar surface area (TPSA) is 20.2 Å². The van der Waals surface area contributed by atoms with E-state index in [0.29, 0.717) is 5.92 Å². The highest BCUT2D eigenvalue weighted by molar-refractivity contribution is 14.1. The summed E-state index contributed by atoms with van der Waals surface area (Å²) in [5, 5.41) is 10.4. The Kier molecular flexibility index (Phi) is 4.67. The summed E-state index contributed by atoms with van der Waals surface area (Å²) in [6.07, 6.45) is 5.89. The largest absolute Gasteiger partial charge is 0.388 e. The van der Waals surface area contributed by atoms with Gasteiger partial charge in [0.2, 0.25) is 0 Å². The molecule has 1 aromatic carbocycles. The van der Waals surface area contributed by atoms with Crippen LogP contribution in [-0.2, 0) is 0 Å². The Morgan fingerprint density at radius 1 is 1.25 bits per heavy atom. The second-order valence-electron chi connectivity index (χ2n) is 4.51. The highest BCUT2D eigenvalue weighted by atomic mass is 127. The fourth-order valence-electron chi connectivity index (χ4n) is 2.45. The highest BCUT2D eigenvalue weighted by Crippen LogP contribution is 2.37. The maximum Gasteiger partial charge on any atom is 0.0829 e. The molecule has 1 aromatic rings. The molecule has 2 rings (SSSR count). The smallest absolute Gasteiger partial charge is 0.0829 e. The van der Waals surface area contributed by atoms with Crippen LogP contribution in [0.3, 0.4) is 0 Å². The summed E-state index contributed by atoms with van der Waals surface area (Å²) in [4.78, 5) is 0. The Morgan fingerprint density at radius 3 is 2.62 bits per heavy atom. The van der Waals surface area contributed by atoms with Crippen LogP contribution in [0.1, 0.15) is 43.8 Å². The van der Waals surface area contributed by atoms with Gasteiger partial charge in [0.25, 0.3) is 0 Å². The molecule has 1 aliphatic carbocycles. The van der Waals surface area contributed by atoms with Gasteiger partial charge in [0, 0.05) is 8.04 Å². The molecule has 1 aliphatic rings. The van der Waals surface area contributed by atoms with Crippen molar-refractivity contribution >= 4 is 38.5 Å². The number of hydrogen-bond donors (Lipinski definition) is 1. The Morgan fingerprint density at radius 2 is 1.94 bits per heavy atom. The van der Waals surface area contributed by atoms with E-state index in [-0.39, 0.29) is 6.10 Å². The SMILES string of the molecule is OC(c1cc(I)ccc1Br)C1CCCCC1. The van der Waals surface area contributed by atoms with Gasteiger partial charge >= 0.3 is 0 Å². The molecule has 0 amide bonds. The predicted molar refractivity (Wildman–Crippen MR) is 78.4 cm³/mol. The lowest BCUT2D eigenvalue weighted by Gasteiger charge is -2.27. The molecule has 0 bridgehead atoms. The van der Waals surface area contributed by atoms with Crippen LogP contribution in [0.15, 0.2) is 22.7 Å². The van der Waals surface area contributed by atoms with Crippen LogP contribution in [-0.4, -0.2) is 5.11 Å². The first kappa shape index (κ1) is 12.8. The standard InChI is InChI=1S/C13H16BrIO/c14-12-7-6-10(15)8-11(12)13(16)9-4-2-1-3-5-9/h6-9,13,16H,1-5H2. The minimum absolute atomic E-state index is 0.301. The number of rotatable bonds is 2. The van der Waals surface area contributed by atoms with Crippen molar-refractivity contribution in [2.24, 2.45) is 5.92 Å². The Bertz CT molecular complexity index is 361. The number of hydrogen-bond acceptors (Lipinski definition) is 1. The molecule has 0 radical (unpaired) electrons. The molecule has 0 saturated heterocycles. The molecule has 3 heteroatoms. The van der Waals surface area contributed by atoms with E-state index in [9.17, 15) is 5.11 Å². The van der Waals surface area contributed by atoms with Crippen LogP contribution in [0.25, 0.3) is 0 Å². The van der Waals surface area contributed by atoms with E-state index in [1.54, 1.807) is 0 Å². The van der Waals surface area contributed by atoms with Crippen molar-refractivity contribution in [3.05, 3.63) is 31.8 Å². The molecule has 1 N–H and O–H groups in total. The average molecular weight is 395 g/mol. The fourth-order valence-corrected chi connectivity index (χ4v) is 3.44. The molecule has 0 aromatic heterocycles. The Hall–Kier alpha value is 0.390. The molecule has 1 fully saturated rings. The van der Waals surface area contributed by atoms with Crippen LogP contribution in [0.4, 0.5) is 0 Å². The second-order valence-corrected chi connectivity index (χ2v) is 6.61. The van der Waals surface area contributed by atoms with Crippen LogP contribution in [0, 0.1) is 9.49 Å². The maximum absolute atomic E-state index is 10.4. The van der Waals surface area contributed by atoms with Gasteiger partial charge in [-0.3, -0.25) is 0 Å². The van der Waals surface area contributed by atoms with E-state index < -0.39 is 0 Å². The zero-order valence-corrected chi connectivity index (χ0v) is 12.9. The van der Waals surface area contributed by atoms with Gasteiger partial charge in [-0.2, -0.15) is 0 Å². The van der Waals surface area contributed by atoms with Crippen molar-refractivity contribution in [3.63, 3.8) is 0 Å². The third-order valence-electron chi connectivity index (χ3n) is 3.37. The summed E-state index contributed by atoms with van der Waals surface area (Å²) in [6.45, 7) is 0. The third kappa shape index (κ3) is 2.99. The van der Waals surface area contributed by atoms with E-state index >= 15 is 0 Å². The molecule has 88 valence electrons. The number of aliphatic hydroxyl groups is 1. The van der Waals surface area contributed by atoms with Crippen LogP contribution < -0.4 is 0 Å². The molecule has 1 unspecified atom stereocenters. The molecular weight excluding hydrogens is 379 g/mol. The van der Waals surface area contributed by atoms with Gasteiger partial charge in [0.1, 0.15) is 0 Å². The zero-order valence-electron chi connectivity index (χ0n) is 9.13. The fraction of sp³-hybridized carbons (Fsp3) is 0.538. The van der Waals surface area contributed by atoms with Crippen molar-refractivity contribution in [3.8, 4) is 0 Å². The molecule has 0 aliphatic heterocycles. The second kappa shape index (κ2) is 5.83. The van der Waals surface area contributed by atoms with Crippen LogP contribution in [0.2, 0.25) is 0 Å². The van der Waals surface area contributed by atoms with Gasteiger partial charge in [0.15, 0.2) is 0 Å². The molecule has 1 nitrogen and oxygen atoms in total. The first-order valence-corrected chi connectivity index (χ1v) is 7.68. The summed E-state index contributed by atoms with van der Waals surface area (Å²) >= 11 is 5.83. The third-order valence-corrected chi connectivity index (χ3v) is 4.77. The van der Waals surface area contributed by atoms with Crippen LogP contribution >= 0.6 is 38.5 Å². The average Bonchev–Trinajstić information content (AvgIpc) is 2.32. The molecule has 1 saturated carbocycles. The minimum atomic E-state index is -0.301. The lowest BCUT2D eigenvalue weighted by atomic mass is 9.83. The molecule has 0 spiro atoms. The summed E-state index contributed by atoms with van der Waals surface area (Å²) in [7, 11) is 0. The van der Waals surface area contributed by atoms with E-state index in [1.165, 1.54) is 35.7 Å². The molecule has 0 heterocycles. The van der Waals surface area contributed by atoms with Gasteiger partial charge < -0.3 is 5.11 Å². The summed E-state index contributed by atoms with van der Waals surface area (Å²) in [6, 6.07) is 6.18. The van der Waals surface area contributed by atoms with Crippen molar-refractivity contribution in [2.75, 3.05) is 0 Å². The van der Waals surface area contributed by atoms with Crippen molar-refractivity contribution in [1.82, 2.24) is 0 Å². The lowest BCUT2D eigenvalue weighted by Crippen LogP contribution is -2.16. The van der Waals surface area contributed by atoms with Gasteiger partial charge in [0.05, 0.1) is 6.10 Å². The van der Waals surface area contributed by atoms with Gasteiger partial charge in [-0.05, 0) is 65.1 Å². The monoisotopic (exact) mass is 394 g/mol. The van der Waals surface area contributed by atoms with Crippen molar-refractivity contribution < 1.29 is 5.11 Å². The molecule has 1 atom stereocenters. The van der Waals surface area contributed by atoms with E-state index in [2.05, 4.69) is 50.7 Å². The quantitative estimate of drug-likeness (QED) is 0.722. The Labute approximate surface area is 119 Å². The Balaban J connectivity index is 2.18. The highest BCUT2D eigenvalue weighted by Gasteiger charge is 2.24. The number of aliphatic hydroxyl groups excluding tert-OH is 1. The van der Waals surface area contributed by atoms with Crippen LogP contribution in [0.5, 0.6) is 0 Å². The molecule has 16 heavy (non-hydrogen) atoms. The molecular formula is C13H16BrIO. The predicted octanol–water partition coefficient (Wildman–Crippen LogP) is 4.67. The maximum atomic E-state index is 10.4. The zero-order chi connectivity index (χ0) is 11.5. The van der Waals surface area contributed by atoms with E-state index in [1.807, 2.05) is 6.07 Å². The van der Waals surface area contributed by atoms with E-state index in [4.69, 9.17) is 0 Å². The van der Waals surface area contributed by atoms with Crippen molar-refractivity contribution in [1.29, 1.82) is 0 Å². The van der Waals surface area contributed by atoms with E-state index in [0.717, 1.165) is 10.0 Å². The first-order chi connectivity index (χ1) is 7.68. The minimum Gasteiger partial charge on any atom is -0.388 e. The van der Waals surface area contributed by atoms with Gasteiger partial charge in [-0.15, -0.1) is 0 Å². The summed E-state index contributed by atoms with van der Waals surface area (Å²) in [5.74, 6) is 0.447. The summed E-state index contributed by atoms with van der Waals surface area (Å²) < 4.78 is 2.22. The number of benzene rings is 1. The first-order valence-electron chi connectivity index (χ1n) is 5.81. The van der Waals surface area contributed by atoms with Gasteiger partial charge in [-0.1, -0.05) is 35.2 Å². The normalized spacial score (nSPS) is 19.7. The number of halogens is 2. The van der Waals surface area contributed by atoms with Crippen molar-refractivity contribution in [2.45, 2.75) is 38.2 Å². The lowest BCUT2D eigenvalue weighted by molar-refractivity contribution is 0.0842. The summed E-state index contributed by atoms with van der Waals surface area (Å²) in [5.41, 5.74) is 1.05. The van der Waals surface area contributed by atoms with Gasteiger partial charge in [-0.25, -0.2) is 0 Å².